The smallest absolute Gasteiger partial charge is 0.142 e. The molecule has 51 heavy (non-hydrogen) atoms. The molecule has 1 saturated heterocycles. The first kappa shape index (κ1) is 38.1. The molecule has 1 aliphatic rings. The SMILES string of the molecule is Cc1c(COc2cc(OCc3cncc(C#N)c3)c(CNCCCN(C)C)cc2Cl)cccc1-c1cccc(OCCCN2CC[C@H](O)C2)c1C. The third kappa shape index (κ3) is 10.9. The Kier molecular flexibility index (Phi) is 14.1. The molecule has 4 aromatic rings. The van der Waals surface area contributed by atoms with Crippen molar-refractivity contribution in [3.63, 3.8) is 0 Å². The summed E-state index contributed by atoms with van der Waals surface area (Å²) in [7, 11) is 4.14. The summed E-state index contributed by atoms with van der Waals surface area (Å²) in [6.07, 6.45) is 5.83. The van der Waals surface area contributed by atoms with Crippen LogP contribution in [0.3, 0.4) is 0 Å². The zero-order chi connectivity index (χ0) is 36.2. The summed E-state index contributed by atoms with van der Waals surface area (Å²) in [6, 6.07) is 20.2. The summed E-state index contributed by atoms with van der Waals surface area (Å²) >= 11 is 6.82. The summed E-state index contributed by atoms with van der Waals surface area (Å²) in [5.41, 5.74) is 7.74. The highest BCUT2D eigenvalue weighted by Crippen LogP contribution is 2.36. The standard InChI is InChI=1S/C41H50ClN5O4/c1-29-33(9-5-10-36(29)37-11-6-12-39(30(37)2)49-18-8-16-47-17-13-35(48)26-47)28-51-41-21-40(50-27-32-19-31(22-43)23-45-24-32)34(20-38(41)42)25-44-14-7-15-46(3)4/h5-6,9-12,19-21,23-24,35,44,48H,7-8,13-18,25-28H2,1-4H3/t35-/m0/s1. The Bertz CT molecular complexity index is 1790. The average molecular weight is 712 g/mol. The largest absolute Gasteiger partial charge is 0.493 e. The zero-order valence-electron chi connectivity index (χ0n) is 30.3. The van der Waals surface area contributed by atoms with Crippen LogP contribution in [-0.2, 0) is 19.8 Å². The molecule has 0 bridgehead atoms. The Hall–Kier alpha value is -4.17. The highest BCUT2D eigenvalue weighted by atomic mass is 35.5. The Morgan fingerprint density at radius 1 is 0.941 bits per heavy atom. The van der Waals surface area contributed by atoms with E-state index in [4.69, 9.17) is 25.8 Å². The Morgan fingerprint density at radius 3 is 2.49 bits per heavy atom. The molecule has 0 aliphatic carbocycles. The highest BCUT2D eigenvalue weighted by Gasteiger charge is 2.20. The minimum absolute atomic E-state index is 0.197. The van der Waals surface area contributed by atoms with Gasteiger partial charge in [0.05, 0.1) is 23.3 Å². The van der Waals surface area contributed by atoms with Crippen LogP contribution >= 0.6 is 11.6 Å². The van der Waals surface area contributed by atoms with E-state index in [2.05, 4.69) is 78.4 Å². The summed E-state index contributed by atoms with van der Waals surface area (Å²) in [5.74, 6) is 2.08. The maximum Gasteiger partial charge on any atom is 0.142 e. The van der Waals surface area contributed by atoms with Crippen molar-refractivity contribution in [3.8, 4) is 34.4 Å². The van der Waals surface area contributed by atoms with Crippen molar-refractivity contribution in [1.29, 1.82) is 5.26 Å². The first-order chi connectivity index (χ1) is 24.7. The number of pyridine rings is 1. The molecular formula is C41H50ClN5O4. The summed E-state index contributed by atoms with van der Waals surface area (Å²) < 4.78 is 18.9. The molecule has 3 aromatic carbocycles. The molecular weight excluding hydrogens is 662 g/mol. The van der Waals surface area contributed by atoms with Crippen molar-refractivity contribution >= 4 is 11.6 Å². The van der Waals surface area contributed by atoms with Crippen LogP contribution in [0.15, 0.2) is 67.0 Å². The van der Waals surface area contributed by atoms with Gasteiger partial charge in [-0.3, -0.25) is 4.98 Å². The molecule has 1 aliphatic heterocycles. The number of likely N-dealkylation sites (tertiary alicyclic amines) is 1. The van der Waals surface area contributed by atoms with Crippen molar-refractivity contribution in [1.82, 2.24) is 20.1 Å². The average Bonchev–Trinajstić information content (AvgIpc) is 3.54. The second-order valence-electron chi connectivity index (χ2n) is 13.5. The molecule has 0 radical (unpaired) electrons. The number of benzene rings is 3. The lowest BCUT2D eigenvalue weighted by molar-refractivity contribution is 0.173. The minimum atomic E-state index is -0.197. The fourth-order valence-electron chi connectivity index (χ4n) is 6.33. The number of nitriles is 1. The quantitative estimate of drug-likeness (QED) is 0.106. The molecule has 2 N–H and O–H groups in total. The van der Waals surface area contributed by atoms with Gasteiger partial charge in [-0.15, -0.1) is 0 Å². The third-order valence-corrected chi connectivity index (χ3v) is 9.53. The van der Waals surface area contributed by atoms with Crippen molar-refractivity contribution < 1.29 is 19.3 Å². The molecule has 9 nitrogen and oxygen atoms in total. The van der Waals surface area contributed by atoms with Crippen molar-refractivity contribution in [2.24, 2.45) is 0 Å². The van der Waals surface area contributed by atoms with Crippen LogP contribution < -0.4 is 19.5 Å². The van der Waals surface area contributed by atoms with E-state index < -0.39 is 0 Å². The number of rotatable bonds is 18. The predicted octanol–water partition coefficient (Wildman–Crippen LogP) is 6.93. The van der Waals surface area contributed by atoms with Gasteiger partial charge in [0.1, 0.15) is 36.5 Å². The molecule has 1 aromatic heterocycles. The second kappa shape index (κ2) is 18.9. The van der Waals surface area contributed by atoms with Crippen LogP contribution in [0.2, 0.25) is 5.02 Å². The summed E-state index contributed by atoms with van der Waals surface area (Å²) in [5, 5.41) is 23.1. The molecule has 5 rings (SSSR count). The molecule has 1 fully saturated rings. The third-order valence-electron chi connectivity index (χ3n) is 9.23. The van der Waals surface area contributed by atoms with Gasteiger partial charge in [-0.2, -0.15) is 5.26 Å². The predicted molar refractivity (Wildman–Crippen MR) is 202 cm³/mol. The van der Waals surface area contributed by atoms with E-state index in [0.717, 1.165) is 96.7 Å². The Morgan fingerprint density at radius 2 is 1.73 bits per heavy atom. The number of hydrogen-bond donors (Lipinski definition) is 2. The van der Waals surface area contributed by atoms with E-state index in [0.29, 0.717) is 41.8 Å². The Balaban J connectivity index is 1.27. The molecule has 0 unspecified atom stereocenters. The van der Waals surface area contributed by atoms with Gasteiger partial charge in [-0.1, -0.05) is 41.9 Å². The van der Waals surface area contributed by atoms with Gasteiger partial charge in [0, 0.05) is 55.8 Å². The van der Waals surface area contributed by atoms with Crippen molar-refractivity contribution in [2.45, 2.75) is 59.0 Å². The van der Waals surface area contributed by atoms with Gasteiger partial charge < -0.3 is 34.4 Å². The monoisotopic (exact) mass is 711 g/mol. The van der Waals surface area contributed by atoms with E-state index in [1.54, 1.807) is 12.3 Å². The van der Waals surface area contributed by atoms with Crippen LogP contribution in [0.1, 0.15) is 52.6 Å². The number of ether oxygens (including phenoxy) is 3. The van der Waals surface area contributed by atoms with Gasteiger partial charge in [0.25, 0.3) is 0 Å². The first-order valence-corrected chi connectivity index (χ1v) is 18.1. The van der Waals surface area contributed by atoms with Crippen molar-refractivity contribution in [2.75, 3.05) is 53.4 Å². The molecule has 0 spiro atoms. The highest BCUT2D eigenvalue weighted by molar-refractivity contribution is 6.32. The molecule has 2 heterocycles. The number of β-amino-alcohol motifs (C(OH)–C–C–N with tert-alkyl or cyclic N) is 1. The lowest BCUT2D eigenvalue weighted by Crippen LogP contribution is -2.24. The summed E-state index contributed by atoms with van der Waals surface area (Å²) in [4.78, 5) is 8.63. The molecule has 1 atom stereocenters. The van der Waals surface area contributed by atoms with E-state index in [-0.39, 0.29) is 12.7 Å². The van der Waals surface area contributed by atoms with Crippen LogP contribution in [-0.4, -0.2) is 79.4 Å². The fourth-order valence-corrected chi connectivity index (χ4v) is 6.57. The molecule has 270 valence electrons. The molecule has 0 amide bonds. The summed E-state index contributed by atoms with van der Waals surface area (Å²) in [6.45, 7) is 10.5. The first-order valence-electron chi connectivity index (χ1n) is 17.7. The van der Waals surface area contributed by atoms with Crippen LogP contribution in [0.5, 0.6) is 17.2 Å². The number of aromatic nitrogens is 1. The van der Waals surface area contributed by atoms with Crippen LogP contribution in [0.4, 0.5) is 0 Å². The number of aliphatic hydroxyl groups is 1. The second-order valence-corrected chi connectivity index (χ2v) is 13.9. The van der Waals surface area contributed by atoms with Gasteiger partial charge in [-0.25, -0.2) is 0 Å². The maximum absolute atomic E-state index is 9.79. The van der Waals surface area contributed by atoms with Crippen LogP contribution in [0.25, 0.3) is 11.1 Å². The van der Waals surface area contributed by atoms with Gasteiger partial charge in [-0.05, 0) is 106 Å². The van der Waals surface area contributed by atoms with Gasteiger partial charge in [0.15, 0.2) is 0 Å². The van der Waals surface area contributed by atoms with E-state index in [9.17, 15) is 10.4 Å². The number of nitrogens with zero attached hydrogens (tertiary/aromatic N) is 4. The lowest BCUT2D eigenvalue weighted by atomic mass is 9.93. The Labute approximate surface area is 307 Å². The van der Waals surface area contributed by atoms with E-state index in [1.807, 2.05) is 24.3 Å². The van der Waals surface area contributed by atoms with Gasteiger partial charge >= 0.3 is 0 Å². The normalized spacial score (nSPS) is 14.5. The minimum Gasteiger partial charge on any atom is -0.493 e. The number of aliphatic hydroxyl groups excluding tert-OH is 1. The van der Waals surface area contributed by atoms with E-state index >= 15 is 0 Å². The van der Waals surface area contributed by atoms with Crippen molar-refractivity contribution in [3.05, 3.63) is 105 Å². The van der Waals surface area contributed by atoms with E-state index in [1.165, 1.54) is 6.20 Å². The maximum atomic E-state index is 9.79. The van der Waals surface area contributed by atoms with Gasteiger partial charge in [0.2, 0.25) is 0 Å². The lowest BCUT2D eigenvalue weighted by Gasteiger charge is -2.19. The number of nitrogens with one attached hydrogen (secondary N) is 1. The number of halogens is 1. The zero-order valence-corrected chi connectivity index (χ0v) is 31.0. The molecule has 10 heteroatoms. The topological polar surface area (TPSA) is 103 Å². The molecule has 0 saturated carbocycles. The fraction of sp³-hybridized carbons (Fsp3) is 0.415. The van der Waals surface area contributed by atoms with Crippen LogP contribution in [0, 0.1) is 25.2 Å². The number of hydrogen-bond acceptors (Lipinski definition) is 9.